The van der Waals surface area contributed by atoms with E-state index >= 15 is 0 Å². The predicted molar refractivity (Wildman–Crippen MR) is 63.2 cm³/mol. The Hall–Kier alpha value is -1.39. The number of hydrogen-bond donors (Lipinski definition) is 1. The minimum atomic E-state index is -0.696. The molecule has 5 heteroatoms. The summed E-state index contributed by atoms with van der Waals surface area (Å²) < 4.78 is 0. The highest BCUT2D eigenvalue weighted by Gasteiger charge is 2.41. The maximum absolute atomic E-state index is 12.1. The first kappa shape index (κ1) is 13.7. The largest absolute Gasteiger partial charge is 0.331 e. The summed E-state index contributed by atoms with van der Waals surface area (Å²) >= 11 is 0. The number of hydrogen-bond acceptors (Lipinski definition) is 3. The zero-order valence-corrected chi connectivity index (χ0v) is 10.7. The number of nitrogens with zero attached hydrogens (tertiary/aromatic N) is 1. The Morgan fingerprint density at radius 2 is 1.76 bits per heavy atom. The predicted octanol–water partition coefficient (Wildman–Crippen LogP) is 1.67. The van der Waals surface area contributed by atoms with Gasteiger partial charge in [-0.1, -0.05) is 27.2 Å². The van der Waals surface area contributed by atoms with Gasteiger partial charge in [0.2, 0.25) is 11.8 Å². The van der Waals surface area contributed by atoms with Crippen molar-refractivity contribution in [1.29, 1.82) is 0 Å². The molecule has 17 heavy (non-hydrogen) atoms. The van der Waals surface area contributed by atoms with Crippen molar-refractivity contribution in [1.82, 2.24) is 10.2 Å². The van der Waals surface area contributed by atoms with Crippen molar-refractivity contribution in [2.75, 3.05) is 0 Å². The van der Waals surface area contributed by atoms with Crippen LogP contribution in [0.15, 0.2) is 0 Å². The molecule has 1 N–H and O–H groups in total. The maximum atomic E-state index is 12.1. The molecule has 0 aromatic rings. The number of barbiturate groups is 1. The van der Waals surface area contributed by atoms with Gasteiger partial charge >= 0.3 is 6.03 Å². The molecule has 1 atom stereocenters. The summed E-state index contributed by atoms with van der Waals surface area (Å²) in [5.41, 5.74) is 0. The molecule has 0 radical (unpaired) electrons. The lowest BCUT2D eigenvalue weighted by molar-refractivity contribution is -0.144. The Kier molecular flexibility index (Phi) is 4.66. The summed E-state index contributed by atoms with van der Waals surface area (Å²) in [5, 5.41) is 2.27. The number of rotatable bonds is 5. The summed E-state index contributed by atoms with van der Waals surface area (Å²) in [5.74, 6) is -1.49. The van der Waals surface area contributed by atoms with Crippen molar-refractivity contribution in [2.24, 2.45) is 5.92 Å². The van der Waals surface area contributed by atoms with Gasteiger partial charge in [0.25, 0.3) is 0 Å². The van der Waals surface area contributed by atoms with Gasteiger partial charge in [0.1, 0.15) is 5.92 Å². The van der Waals surface area contributed by atoms with E-state index in [4.69, 9.17) is 0 Å². The molecule has 0 bridgehead atoms. The van der Waals surface area contributed by atoms with Crippen LogP contribution in [0.4, 0.5) is 4.79 Å². The number of urea groups is 1. The third-order valence-corrected chi connectivity index (χ3v) is 3.19. The molecular weight excluding hydrogens is 220 g/mol. The van der Waals surface area contributed by atoms with E-state index in [1.807, 2.05) is 20.8 Å². The first-order chi connectivity index (χ1) is 8.06. The zero-order chi connectivity index (χ0) is 13.0. The van der Waals surface area contributed by atoms with E-state index < -0.39 is 17.9 Å². The fourth-order valence-electron chi connectivity index (χ4n) is 2.18. The molecule has 5 nitrogen and oxygen atoms in total. The lowest BCUT2D eigenvalue weighted by Gasteiger charge is -2.35. The molecule has 1 aliphatic rings. The number of carbonyl (C=O) groups is 3. The molecule has 1 saturated heterocycles. The quantitative estimate of drug-likeness (QED) is 0.743. The van der Waals surface area contributed by atoms with Gasteiger partial charge in [0.05, 0.1) is 0 Å². The smallest absolute Gasteiger partial charge is 0.277 e. The molecule has 1 aliphatic heterocycles. The molecule has 0 saturated carbocycles. The van der Waals surface area contributed by atoms with Crippen LogP contribution < -0.4 is 5.32 Å². The Balaban J connectivity index is 2.93. The van der Waals surface area contributed by atoms with Crippen molar-refractivity contribution in [2.45, 2.75) is 52.5 Å². The van der Waals surface area contributed by atoms with E-state index in [1.54, 1.807) is 0 Å². The van der Waals surface area contributed by atoms with Gasteiger partial charge in [-0.05, 0) is 19.3 Å². The van der Waals surface area contributed by atoms with E-state index in [0.717, 1.165) is 6.42 Å². The lowest BCUT2D eigenvalue weighted by atomic mass is 9.97. The van der Waals surface area contributed by atoms with E-state index in [9.17, 15) is 14.4 Å². The molecule has 0 spiro atoms. The fourth-order valence-corrected chi connectivity index (χ4v) is 2.18. The number of carbonyl (C=O) groups excluding carboxylic acids is 3. The molecule has 0 aromatic carbocycles. The Morgan fingerprint density at radius 3 is 2.24 bits per heavy atom. The van der Waals surface area contributed by atoms with Crippen molar-refractivity contribution < 1.29 is 14.4 Å². The van der Waals surface area contributed by atoms with Gasteiger partial charge in [-0.2, -0.15) is 0 Å². The highest BCUT2D eigenvalue weighted by atomic mass is 16.2. The topological polar surface area (TPSA) is 66.5 Å². The summed E-state index contributed by atoms with van der Waals surface area (Å²) in [7, 11) is 0. The van der Waals surface area contributed by atoms with Crippen molar-refractivity contribution in [3.63, 3.8) is 0 Å². The summed E-state index contributed by atoms with van der Waals surface area (Å²) in [6, 6.07) is -0.684. The van der Waals surface area contributed by atoms with Crippen molar-refractivity contribution >= 4 is 17.8 Å². The lowest BCUT2D eigenvalue weighted by Crippen LogP contribution is -2.60. The van der Waals surface area contributed by atoms with Gasteiger partial charge in [0, 0.05) is 6.04 Å². The van der Waals surface area contributed by atoms with Gasteiger partial charge in [-0.25, -0.2) is 4.79 Å². The third kappa shape index (κ3) is 2.65. The average molecular weight is 240 g/mol. The van der Waals surface area contributed by atoms with Crippen LogP contribution in [-0.2, 0) is 9.59 Å². The van der Waals surface area contributed by atoms with Crippen LogP contribution in [0, 0.1) is 5.92 Å². The van der Waals surface area contributed by atoms with Gasteiger partial charge in [-0.3, -0.25) is 19.8 Å². The molecule has 1 fully saturated rings. The standard InChI is InChI=1S/C12H20N2O3/c1-4-7-9-10(15)13-12(17)14(11(9)16)8(5-2)6-3/h8-9H,4-7H2,1-3H3,(H,13,15,17). The third-order valence-electron chi connectivity index (χ3n) is 3.19. The second kappa shape index (κ2) is 5.80. The normalized spacial score (nSPS) is 21.1. The van der Waals surface area contributed by atoms with E-state index in [-0.39, 0.29) is 11.9 Å². The zero-order valence-electron chi connectivity index (χ0n) is 10.7. The molecule has 96 valence electrons. The first-order valence-corrected chi connectivity index (χ1v) is 6.24. The van der Waals surface area contributed by atoms with Crippen LogP contribution in [0.25, 0.3) is 0 Å². The van der Waals surface area contributed by atoms with Gasteiger partial charge in [-0.15, -0.1) is 0 Å². The molecule has 1 unspecified atom stereocenters. The average Bonchev–Trinajstić information content (AvgIpc) is 2.29. The first-order valence-electron chi connectivity index (χ1n) is 6.24. The van der Waals surface area contributed by atoms with Crippen LogP contribution in [0.5, 0.6) is 0 Å². The van der Waals surface area contributed by atoms with Gasteiger partial charge in [0.15, 0.2) is 0 Å². The summed E-state index contributed by atoms with van der Waals surface area (Å²) in [6.07, 6.45) is 2.66. The maximum Gasteiger partial charge on any atom is 0.331 e. The van der Waals surface area contributed by atoms with Crippen LogP contribution in [0.3, 0.4) is 0 Å². The van der Waals surface area contributed by atoms with Crippen molar-refractivity contribution in [3.8, 4) is 0 Å². The summed E-state index contributed by atoms with van der Waals surface area (Å²) in [6.45, 7) is 5.78. The molecule has 1 heterocycles. The van der Waals surface area contributed by atoms with Crippen LogP contribution >= 0.6 is 0 Å². The van der Waals surface area contributed by atoms with Crippen LogP contribution in [0.2, 0.25) is 0 Å². The van der Waals surface area contributed by atoms with Crippen LogP contribution in [-0.4, -0.2) is 28.8 Å². The van der Waals surface area contributed by atoms with E-state index in [1.165, 1.54) is 4.90 Å². The Labute approximate surface area is 102 Å². The van der Waals surface area contributed by atoms with Crippen LogP contribution in [0.1, 0.15) is 46.5 Å². The molecule has 0 aliphatic carbocycles. The second-order valence-corrected chi connectivity index (χ2v) is 4.31. The molecular formula is C12H20N2O3. The van der Waals surface area contributed by atoms with E-state index in [2.05, 4.69) is 5.32 Å². The monoisotopic (exact) mass is 240 g/mol. The Morgan fingerprint density at radius 1 is 1.18 bits per heavy atom. The molecule has 4 amide bonds. The molecule has 1 rings (SSSR count). The number of imide groups is 2. The number of amides is 4. The SMILES string of the molecule is CCCC1C(=O)NC(=O)N(C(CC)CC)C1=O. The number of nitrogens with one attached hydrogen (secondary N) is 1. The minimum Gasteiger partial charge on any atom is -0.277 e. The van der Waals surface area contributed by atoms with E-state index in [0.29, 0.717) is 19.3 Å². The molecule has 0 aromatic heterocycles. The fraction of sp³-hybridized carbons (Fsp3) is 0.750. The summed E-state index contributed by atoms with van der Waals surface area (Å²) in [4.78, 5) is 36.6. The highest BCUT2D eigenvalue weighted by molar-refractivity contribution is 6.16. The highest BCUT2D eigenvalue weighted by Crippen LogP contribution is 2.20. The van der Waals surface area contributed by atoms with Crippen molar-refractivity contribution in [3.05, 3.63) is 0 Å². The Bertz CT molecular complexity index is 324. The second-order valence-electron chi connectivity index (χ2n) is 4.31. The van der Waals surface area contributed by atoms with Gasteiger partial charge < -0.3 is 0 Å². The minimum absolute atomic E-state index is 0.116.